The number of halogens is 3. The molecular weight excluding hydrogens is 950 g/mol. The van der Waals surface area contributed by atoms with Gasteiger partial charge in [-0.3, -0.25) is 34.3 Å². The molecule has 16 nitrogen and oxygen atoms in total. The van der Waals surface area contributed by atoms with Gasteiger partial charge in [0.05, 0.1) is 56.5 Å². The number of aliphatic imine (C=N–C) groups is 1. The lowest BCUT2D eigenvalue weighted by molar-refractivity contribution is -0.137. The van der Waals surface area contributed by atoms with E-state index in [2.05, 4.69) is 31.2 Å². The average molecular weight is 1010 g/mol. The first-order valence-electron chi connectivity index (χ1n) is 24.1. The molecular formula is C53H55ClF2N8O8. The number of fused-ring (bicyclic) bond motifs is 4. The summed E-state index contributed by atoms with van der Waals surface area (Å²) >= 11 is 6.34. The number of hydrogen-bond acceptors (Lipinski definition) is 12. The van der Waals surface area contributed by atoms with Crippen LogP contribution in [0.4, 0.5) is 26.1 Å². The van der Waals surface area contributed by atoms with Crippen LogP contribution in [0.2, 0.25) is 5.02 Å². The standard InChI is InChI=1S/C53H55ClF2N8O8/c54-35-16-19-37-39(29-35)49(47-41(55)10-8-11-42(47)56)58-30-34-31-59-53(63-48(34)37)60-36-17-14-33(15-18-36)50(67)57-22-24-71-26-28-72-27-25-70-23-6-4-2-1-3-5-13-45(65)61-43-12-7-9-38-40(43)32-64(52(38)69)44-20-21-46(66)62-51(44)68/h7-12,14-19,29,31,44H,1-6,13,20-28,30,32H2,(H,57,67)(H,61,65)(H,59,60,63)(H,62,66,68). The Morgan fingerprint density at radius 2 is 1.50 bits per heavy atom. The molecule has 376 valence electrons. The minimum absolute atomic E-state index is 0.0926. The SMILES string of the molecule is O=C1CCC(N2Cc3c(NC(=O)CCCCCCCCOCCOCCOCCNC(=O)c4ccc(Nc5ncc6c(n5)-c5ccc(Cl)cc5C(c5c(F)cccc5F)=NC6)cc4)cccc3C2=O)C(=O)N1. The number of ether oxygens (including phenoxy) is 3. The molecule has 1 aromatic heterocycles. The molecule has 3 aliphatic heterocycles. The fourth-order valence-corrected chi connectivity index (χ4v) is 8.92. The summed E-state index contributed by atoms with van der Waals surface area (Å²) < 4.78 is 46.7. The number of aromatic nitrogens is 2. The van der Waals surface area contributed by atoms with Crippen molar-refractivity contribution in [2.24, 2.45) is 4.99 Å². The first kappa shape index (κ1) is 51.4. The van der Waals surface area contributed by atoms with Crippen molar-refractivity contribution in [3.63, 3.8) is 0 Å². The van der Waals surface area contributed by atoms with Crippen LogP contribution in [0, 0.1) is 11.6 Å². The maximum Gasteiger partial charge on any atom is 0.255 e. The fraction of sp³-hybridized carbons (Fsp3) is 0.358. The van der Waals surface area contributed by atoms with E-state index in [1.807, 2.05) is 0 Å². The molecule has 5 amide bonds. The molecule has 1 unspecified atom stereocenters. The number of carbonyl (C=O) groups is 5. The Morgan fingerprint density at radius 1 is 0.792 bits per heavy atom. The third-order valence-corrected chi connectivity index (χ3v) is 12.7. The van der Waals surface area contributed by atoms with Gasteiger partial charge in [0.1, 0.15) is 17.7 Å². The van der Waals surface area contributed by atoms with Crippen molar-refractivity contribution in [2.75, 3.05) is 56.8 Å². The monoisotopic (exact) mass is 1000 g/mol. The van der Waals surface area contributed by atoms with Crippen LogP contribution in [-0.2, 0) is 41.7 Å². The minimum atomic E-state index is -0.737. The van der Waals surface area contributed by atoms with Gasteiger partial charge in [0.25, 0.3) is 11.8 Å². The summed E-state index contributed by atoms with van der Waals surface area (Å²) in [5.41, 5.74) is 4.96. The molecule has 8 rings (SSSR count). The van der Waals surface area contributed by atoms with Gasteiger partial charge >= 0.3 is 0 Å². The zero-order valence-corrected chi connectivity index (χ0v) is 40.3. The molecule has 72 heavy (non-hydrogen) atoms. The molecule has 0 spiro atoms. The zero-order chi connectivity index (χ0) is 50.4. The normalized spacial score (nSPS) is 15.0. The molecule has 0 bridgehead atoms. The molecule has 4 aromatic carbocycles. The lowest BCUT2D eigenvalue weighted by Crippen LogP contribution is -2.52. The van der Waals surface area contributed by atoms with Crippen LogP contribution in [0.1, 0.15) is 101 Å². The largest absolute Gasteiger partial charge is 0.379 e. The number of nitrogens with zero attached hydrogens (tertiary/aromatic N) is 4. The highest BCUT2D eigenvalue weighted by molar-refractivity contribution is 6.31. The Morgan fingerprint density at radius 3 is 2.26 bits per heavy atom. The number of rotatable bonds is 24. The second-order valence-corrected chi connectivity index (χ2v) is 17.9. The molecule has 19 heteroatoms. The Balaban J connectivity index is 0.634. The van der Waals surface area contributed by atoms with Crippen LogP contribution in [0.5, 0.6) is 0 Å². The van der Waals surface area contributed by atoms with E-state index in [0.29, 0.717) is 108 Å². The van der Waals surface area contributed by atoms with Crippen molar-refractivity contribution >= 4 is 64.2 Å². The molecule has 1 atom stereocenters. The summed E-state index contributed by atoms with van der Waals surface area (Å²) in [6.45, 7) is 3.28. The summed E-state index contributed by atoms with van der Waals surface area (Å²) in [5, 5.41) is 11.6. The van der Waals surface area contributed by atoms with Gasteiger partial charge in [-0.2, -0.15) is 0 Å². The smallest absolute Gasteiger partial charge is 0.255 e. The van der Waals surface area contributed by atoms with Gasteiger partial charge in [0, 0.05) is 88.5 Å². The van der Waals surface area contributed by atoms with Gasteiger partial charge in [-0.15, -0.1) is 0 Å². The fourth-order valence-electron chi connectivity index (χ4n) is 8.75. The van der Waals surface area contributed by atoms with Crippen molar-refractivity contribution in [2.45, 2.75) is 76.9 Å². The number of benzene rings is 4. The Bertz CT molecular complexity index is 2810. The summed E-state index contributed by atoms with van der Waals surface area (Å²) in [4.78, 5) is 77.8. The van der Waals surface area contributed by atoms with Gasteiger partial charge in [-0.25, -0.2) is 18.7 Å². The van der Waals surface area contributed by atoms with E-state index < -0.39 is 23.6 Å². The Hall–Kier alpha value is -6.99. The average Bonchev–Trinajstić information content (AvgIpc) is 3.62. The van der Waals surface area contributed by atoms with Gasteiger partial charge in [-0.1, -0.05) is 55.5 Å². The summed E-state index contributed by atoms with van der Waals surface area (Å²) in [6, 6.07) is 20.0. The predicted molar refractivity (Wildman–Crippen MR) is 266 cm³/mol. The van der Waals surface area contributed by atoms with E-state index in [4.69, 9.17) is 30.8 Å². The van der Waals surface area contributed by atoms with Gasteiger partial charge < -0.3 is 35.1 Å². The van der Waals surface area contributed by atoms with E-state index in [-0.39, 0.29) is 66.8 Å². The Kier molecular flexibility index (Phi) is 17.8. The minimum Gasteiger partial charge on any atom is -0.379 e. The van der Waals surface area contributed by atoms with Crippen molar-refractivity contribution in [3.8, 4) is 11.3 Å². The maximum atomic E-state index is 14.9. The second kappa shape index (κ2) is 24.9. The van der Waals surface area contributed by atoms with Crippen LogP contribution < -0.4 is 21.3 Å². The van der Waals surface area contributed by atoms with Crippen molar-refractivity contribution < 1.29 is 47.0 Å². The van der Waals surface area contributed by atoms with Crippen molar-refractivity contribution in [1.29, 1.82) is 0 Å². The Labute approximate surface area is 420 Å². The molecule has 1 fully saturated rings. The predicted octanol–water partition coefficient (Wildman–Crippen LogP) is 8.08. The zero-order valence-electron chi connectivity index (χ0n) is 39.6. The van der Waals surface area contributed by atoms with Gasteiger partial charge in [0.2, 0.25) is 23.7 Å². The van der Waals surface area contributed by atoms with Crippen LogP contribution in [-0.4, -0.2) is 102 Å². The highest BCUT2D eigenvalue weighted by Crippen LogP contribution is 2.36. The number of nitrogens with one attached hydrogen (secondary N) is 4. The third kappa shape index (κ3) is 13.1. The van der Waals surface area contributed by atoms with Crippen molar-refractivity contribution in [3.05, 3.63) is 135 Å². The molecule has 4 heterocycles. The highest BCUT2D eigenvalue weighted by atomic mass is 35.5. The number of unbranched alkanes of at least 4 members (excludes halogenated alkanes) is 5. The summed E-state index contributed by atoms with van der Waals surface area (Å²) in [7, 11) is 0. The number of imide groups is 1. The topological polar surface area (TPSA) is 203 Å². The van der Waals surface area contributed by atoms with Gasteiger partial charge in [-0.05, 0) is 79.9 Å². The van der Waals surface area contributed by atoms with Crippen LogP contribution in [0.15, 0.2) is 90.1 Å². The summed E-state index contributed by atoms with van der Waals surface area (Å²) in [5.74, 6) is -2.65. The summed E-state index contributed by atoms with van der Waals surface area (Å²) in [6.07, 6.45) is 8.14. The van der Waals surface area contributed by atoms with E-state index in [1.165, 1.54) is 23.1 Å². The molecule has 3 aliphatic rings. The number of carbonyl (C=O) groups excluding carboxylic acids is 5. The van der Waals surface area contributed by atoms with E-state index in [1.54, 1.807) is 66.9 Å². The van der Waals surface area contributed by atoms with Gasteiger partial charge in [0.15, 0.2) is 0 Å². The molecule has 4 N–H and O–H groups in total. The van der Waals surface area contributed by atoms with Crippen LogP contribution in [0.25, 0.3) is 11.3 Å². The molecule has 5 aromatic rings. The van der Waals surface area contributed by atoms with Crippen molar-refractivity contribution in [1.82, 2.24) is 25.5 Å². The molecule has 1 saturated heterocycles. The number of amides is 5. The number of piperidine rings is 1. The van der Waals surface area contributed by atoms with E-state index >= 15 is 0 Å². The highest BCUT2D eigenvalue weighted by Gasteiger charge is 2.40. The molecule has 0 aliphatic carbocycles. The maximum absolute atomic E-state index is 14.9. The second-order valence-electron chi connectivity index (χ2n) is 17.5. The number of anilines is 3. The van der Waals surface area contributed by atoms with Crippen LogP contribution >= 0.6 is 11.6 Å². The van der Waals surface area contributed by atoms with Crippen LogP contribution in [0.3, 0.4) is 0 Å². The molecule has 0 radical (unpaired) electrons. The third-order valence-electron chi connectivity index (χ3n) is 12.4. The first-order chi connectivity index (χ1) is 35.0. The van der Waals surface area contributed by atoms with E-state index in [9.17, 15) is 32.8 Å². The quantitative estimate of drug-likeness (QED) is 0.0344. The lowest BCUT2D eigenvalue weighted by atomic mass is 9.95. The molecule has 0 saturated carbocycles. The van der Waals surface area contributed by atoms with E-state index in [0.717, 1.165) is 38.5 Å². The lowest BCUT2D eigenvalue weighted by Gasteiger charge is -2.29. The number of hydrogen-bond donors (Lipinski definition) is 4. The first-order valence-corrected chi connectivity index (χ1v) is 24.5.